The zero-order valence-corrected chi connectivity index (χ0v) is 10.6. The normalized spacial score (nSPS) is 31.5. The van der Waals surface area contributed by atoms with E-state index in [0.29, 0.717) is 6.42 Å². The van der Waals surface area contributed by atoms with E-state index >= 15 is 0 Å². The molecule has 2 aliphatic rings. The van der Waals surface area contributed by atoms with Gasteiger partial charge in [-0.05, 0) is 32.9 Å². The molecule has 5 nitrogen and oxygen atoms in total. The highest BCUT2D eigenvalue weighted by molar-refractivity contribution is 5.95. The van der Waals surface area contributed by atoms with Crippen molar-refractivity contribution in [3.63, 3.8) is 0 Å². The van der Waals surface area contributed by atoms with Crippen LogP contribution in [0.25, 0.3) is 0 Å². The molecule has 2 atom stereocenters. The summed E-state index contributed by atoms with van der Waals surface area (Å²) in [4.78, 5) is 27.8. The number of nitrogens with zero attached hydrogens (tertiary/aromatic N) is 2. The molecule has 2 aliphatic heterocycles. The zero-order chi connectivity index (χ0) is 12.4. The number of likely N-dealkylation sites (N-methyl/N-ethyl adjacent to an activating group) is 1. The molecule has 2 saturated heterocycles. The first kappa shape index (κ1) is 12.4. The molecular formula is C12H21N3O2. The highest BCUT2D eigenvalue weighted by atomic mass is 16.2. The average Bonchev–Trinajstić information content (AvgIpc) is 2.31. The molecule has 0 aromatic heterocycles. The lowest BCUT2D eigenvalue weighted by molar-refractivity contribution is -0.147. The molecular weight excluding hydrogens is 218 g/mol. The largest absolute Gasteiger partial charge is 0.343 e. The van der Waals surface area contributed by atoms with E-state index in [1.807, 2.05) is 6.92 Å². The molecule has 0 aromatic rings. The summed E-state index contributed by atoms with van der Waals surface area (Å²) in [6, 6.07) is -0.107. The molecule has 0 aromatic carbocycles. The van der Waals surface area contributed by atoms with Crippen LogP contribution in [-0.4, -0.2) is 60.4 Å². The van der Waals surface area contributed by atoms with Crippen molar-refractivity contribution in [1.29, 1.82) is 0 Å². The summed E-state index contributed by atoms with van der Waals surface area (Å²) < 4.78 is 0. The SMILES string of the molecule is CCC1NC(=O)CN(C2CCCN(C)C2)C1=O. The van der Waals surface area contributed by atoms with Crippen molar-refractivity contribution in [2.45, 2.75) is 38.3 Å². The summed E-state index contributed by atoms with van der Waals surface area (Å²) in [6.45, 7) is 4.13. The van der Waals surface area contributed by atoms with E-state index in [1.165, 1.54) is 0 Å². The minimum absolute atomic E-state index is 0.0234. The molecule has 96 valence electrons. The van der Waals surface area contributed by atoms with Gasteiger partial charge in [0.25, 0.3) is 0 Å². The number of likely N-dealkylation sites (tertiary alicyclic amines) is 1. The van der Waals surface area contributed by atoms with Crippen molar-refractivity contribution in [1.82, 2.24) is 15.1 Å². The van der Waals surface area contributed by atoms with Crippen LogP contribution in [0.15, 0.2) is 0 Å². The molecule has 2 fully saturated rings. The standard InChI is InChI=1S/C12H21N3O2/c1-3-10-12(17)15(8-11(16)13-10)9-5-4-6-14(2)7-9/h9-10H,3-8H2,1-2H3,(H,13,16). The molecule has 0 bridgehead atoms. The van der Waals surface area contributed by atoms with Gasteiger partial charge in [0.05, 0.1) is 6.54 Å². The van der Waals surface area contributed by atoms with Crippen molar-refractivity contribution in [2.24, 2.45) is 0 Å². The first-order chi connectivity index (χ1) is 8.11. The second kappa shape index (κ2) is 5.04. The Bertz CT molecular complexity index is 319. The number of hydrogen-bond acceptors (Lipinski definition) is 3. The Hall–Kier alpha value is -1.10. The molecule has 2 heterocycles. The first-order valence-electron chi connectivity index (χ1n) is 6.40. The van der Waals surface area contributed by atoms with Crippen LogP contribution in [0, 0.1) is 0 Å². The fourth-order valence-electron chi connectivity index (χ4n) is 2.71. The van der Waals surface area contributed by atoms with Gasteiger partial charge in [0, 0.05) is 12.6 Å². The minimum atomic E-state index is -0.316. The number of carbonyl (C=O) groups excluding carboxylic acids is 2. The Morgan fingerprint density at radius 3 is 2.82 bits per heavy atom. The third-order valence-corrected chi connectivity index (χ3v) is 3.68. The predicted molar refractivity (Wildman–Crippen MR) is 64.5 cm³/mol. The molecule has 2 amide bonds. The number of hydrogen-bond donors (Lipinski definition) is 1. The fourth-order valence-corrected chi connectivity index (χ4v) is 2.71. The van der Waals surface area contributed by atoms with Gasteiger partial charge in [-0.3, -0.25) is 9.59 Å². The van der Waals surface area contributed by atoms with E-state index in [9.17, 15) is 9.59 Å². The highest BCUT2D eigenvalue weighted by Crippen LogP contribution is 2.18. The Labute approximate surface area is 102 Å². The lowest BCUT2D eigenvalue weighted by atomic mass is 10.0. The van der Waals surface area contributed by atoms with Gasteiger partial charge in [0.1, 0.15) is 6.04 Å². The Kier molecular flexibility index (Phi) is 3.66. The second-order valence-corrected chi connectivity index (χ2v) is 5.05. The molecule has 0 radical (unpaired) electrons. The summed E-state index contributed by atoms with van der Waals surface area (Å²) in [7, 11) is 2.07. The maximum atomic E-state index is 12.2. The smallest absolute Gasteiger partial charge is 0.245 e. The quantitative estimate of drug-likeness (QED) is 0.727. The average molecular weight is 239 g/mol. The molecule has 1 N–H and O–H groups in total. The molecule has 5 heteroatoms. The van der Waals surface area contributed by atoms with Gasteiger partial charge < -0.3 is 15.1 Å². The third-order valence-electron chi connectivity index (χ3n) is 3.68. The molecule has 0 saturated carbocycles. The lowest BCUT2D eigenvalue weighted by Crippen LogP contribution is -2.62. The van der Waals surface area contributed by atoms with Gasteiger partial charge in [0.15, 0.2) is 0 Å². The van der Waals surface area contributed by atoms with Crippen molar-refractivity contribution in [2.75, 3.05) is 26.7 Å². The number of carbonyl (C=O) groups is 2. The third kappa shape index (κ3) is 2.60. The Balaban J connectivity index is 2.07. The topological polar surface area (TPSA) is 52.7 Å². The van der Waals surface area contributed by atoms with Crippen molar-refractivity contribution in [3.05, 3.63) is 0 Å². The number of piperazine rings is 1. The van der Waals surface area contributed by atoms with Gasteiger partial charge in [0.2, 0.25) is 11.8 Å². The maximum Gasteiger partial charge on any atom is 0.245 e. The molecule has 0 aliphatic carbocycles. The number of rotatable bonds is 2. The summed E-state index contributed by atoms with van der Waals surface area (Å²) in [6.07, 6.45) is 2.78. The Morgan fingerprint density at radius 2 is 2.18 bits per heavy atom. The van der Waals surface area contributed by atoms with Gasteiger partial charge in [-0.1, -0.05) is 6.92 Å². The Morgan fingerprint density at radius 1 is 1.41 bits per heavy atom. The molecule has 2 rings (SSSR count). The van der Waals surface area contributed by atoms with Crippen LogP contribution < -0.4 is 5.32 Å². The van der Waals surface area contributed by atoms with Crippen molar-refractivity contribution in [3.8, 4) is 0 Å². The van der Waals surface area contributed by atoms with Crippen molar-refractivity contribution < 1.29 is 9.59 Å². The first-order valence-corrected chi connectivity index (χ1v) is 6.40. The van der Waals surface area contributed by atoms with E-state index in [-0.39, 0.29) is 30.4 Å². The lowest BCUT2D eigenvalue weighted by Gasteiger charge is -2.41. The zero-order valence-electron chi connectivity index (χ0n) is 10.6. The predicted octanol–water partition coefficient (Wildman–Crippen LogP) is -0.182. The van der Waals surface area contributed by atoms with Crippen LogP contribution in [-0.2, 0) is 9.59 Å². The van der Waals surface area contributed by atoms with E-state index in [1.54, 1.807) is 4.90 Å². The van der Waals surface area contributed by atoms with E-state index in [4.69, 9.17) is 0 Å². The fraction of sp³-hybridized carbons (Fsp3) is 0.833. The summed E-state index contributed by atoms with van der Waals surface area (Å²) in [5.74, 6) is 0.0667. The molecule has 0 spiro atoms. The molecule has 2 unspecified atom stereocenters. The van der Waals surface area contributed by atoms with E-state index < -0.39 is 0 Å². The van der Waals surface area contributed by atoms with Crippen LogP contribution in [0.3, 0.4) is 0 Å². The van der Waals surface area contributed by atoms with Crippen molar-refractivity contribution >= 4 is 11.8 Å². The maximum absolute atomic E-state index is 12.2. The number of amides is 2. The van der Waals surface area contributed by atoms with Gasteiger partial charge in [-0.2, -0.15) is 0 Å². The van der Waals surface area contributed by atoms with Gasteiger partial charge >= 0.3 is 0 Å². The second-order valence-electron chi connectivity index (χ2n) is 5.05. The summed E-state index contributed by atoms with van der Waals surface area (Å²) in [5, 5.41) is 2.75. The van der Waals surface area contributed by atoms with E-state index in [0.717, 1.165) is 25.9 Å². The van der Waals surface area contributed by atoms with Crippen LogP contribution in [0.1, 0.15) is 26.2 Å². The summed E-state index contributed by atoms with van der Waals surface area (Å²) in [5.41, 5.74) is 0. The van der Waals surface area contributed by atoms with Crippen LogP contribution in [0.4, 0.5) is 0 Å². The van der Waals surface area contributed by atoms with Gasteiger partial charge in [-0.15, -0.1) is 0 Å². The monoisotopic (exact) mass is 239 g/mol. The molecule has 17 heavy (non-hydrogen) atoms. The van der Waals surface area contributed by atoms with Crippen LogP contribution in [0.5, 0.6) is 0 Å². The van der Waals surface area contributed by atoms with Crippen LogP contribution in [0.2, 0.25) is 0 Å². The minimum Gasteiger partial charge on any atom is -0.343 e. The highest BCUT2D eigenvalue weighted by Gasteiger charge is 2.36. The number of nitrogens with one attached hydrogen (secondary N) is 1. The van der Waals surface area contributed by atoms with Gasteiger partial charge in [-0.25, -0.2) is 0 Å². The number of piperidine rings is 1. The summed E-state index contributed by atoms with van der Waals surface area (Å²) >= 11 is 0. The van der Waals surface area contributed by atoms with E-state index in [2.05, 4.69) is 17.3 Å². The van der Waals surface area contributed by atoms with Crippen LogP contribution >= 0.6 is 0 Å².